The molecule has 1 aliphatic rings. The van der Waals surface area contributed by atoms with E-state index < -0.39 is 0 Å². The van der Waals surface area contributed by atoms with Crippen LogP contribution in [0.15, 0.2) is 22.7 Å². The van der Waals surface area contributed by atoms with Crippen molar-refractivity contribution in [3.05, 3.63) is 33.9 Å². The Bertz CT molecular complexity index is 685. The van der Waals surface area contributed by atoms with Crippen molar-refractivity contribution in [2.75, 3.05) is 0 Å². The Morgan fingerprint density at radius 1 is 1.43 bits per heavy atom. The Morgan fingerprint density at radius 2 is 2.19 bits per heavy atom. The summed E-state index contributed by atoms with van der Waals surface area (Å²) >= 11 is 3.58. The first-order chi connectivity index (χ1) is 10.0. The summed E-state index contributed by atoms with van der Waals surface area (Å²) in [5, 5.41) is 1.22. The molecular formula is C17H20BrNO2. The molecule has 0 amide bonds. The molecule has 2 aromatic rings. The van der Waals surface area contributed by atoms with Gasteiger partial charge in [-0.25, -0.2) is 0 Å². The van der Waals surface area contributed by atoms with Crippen molar-refractivity contribution in [1.82, 2.24) is 4.98 Å². The van der Waals surface area contributed by atoms with Crippen molar-refractivity contribution in [1.29, 1.82) is 0 Å². The highest BCUT2D eigenvalue weighted by Gasteiger charge is 2.47. The van der Waals surface area contributed by atoms with Crippen LogP contribution in [-0.4, -0.2) is 16.6 Å². The Balaban J connectivity index is 1.87. The molecule has 1 heterocycles. The van der Waals surface area contributed by atoms with Crippen molar-refractivity contribution in [3.63, 3.8) is 0 Å². The van der Waals surface area contributed by atoms with Crippen molar-refractivity contribution in [2.45, 2.75) is 51.6 Å². The van der Waals surface area contributed by atoms with Crippen molar-refractivity contribution in [3.8, 4) is 0 Å². The minimum atomic E-state index is -0.256. The van der Waals surface area contributed by atoms with Gasteiger partial charge in [0.15, 0.2) is 0 Å². The van der Waals surface area contributed by atoms with Gasteiger partial charge in [-0.3, -0.25) is 4.79 Å². The topological polar surface area (TPSA) is 42.1 Å². The molecule has 0 bridgehead atoms. The minimum Gasteiger partial charge on any atom is -0.459 e. The van der Waals surface area contributed by atoms with Crippen LogP contribution in [0.25, 0.3) is 10.9 Å². The molecule has 1 aromatic heterocycles. The van der Waals surface area contributed by atoms with Crippen molar-refractivity contribution in [2.24, 2.45) is 0 Å². The maximum Gasteiger partial charge on any atom is 0.306 e. The number of hydrogen-bond acceptors (Lipinski definition) is 2. The normalized spacial score (nSPS) is 16.1. The molecule has 0 aliphatic heterocycles. The van der Waals surface area contributed by atoms with E-state index >= 15 is 0 Å². The first-order valence-electron chi connectivity index (χ1n) is 7.52. The van der Waals surface area contributed by atoms with Gasteiger partial charge in [-0.15, -0.1) is 0 Å². The zero-order chi connectivity index (χ0) is 15.0. The average molecular weight is 350 g/mol. The van der Waals surface area contributed by atoms with Crippen molar-refractivity contribution >= 4 is 32.8 Å². The molecule has 0 saturated heterocycles. The van der Waals surface area contributed by atoms with Gasteiger partial charge < -0.3 is 9.72 Å². The van der Waals surface area contributed by atoms with E-state index in [0.29, 0.717) is 6.42 Å². The number of aryl methyl sites for hydroxylation is 1. The van der Waals surface area contributed by atoms with Gasteiger partial charge in [0.25, 0.3) is 0 Å². The largest absolute Gasteiger partial charge is 0.459 e. The number of halogens is 1. The molecule has 3 nitrogen and oxygen atoms in total. The molecule has 3 rings (SSSR count). The van der Waals surface area contributed by atoms with E-state index in [1.54, 1.807) is 0 Å². The molecular weight excluding hydrogens is 330 g/mol. The standard InChI is InChI=1S/C17H20BrNO2/c1-3-5-15(20)21-17(8-9-17)10-13-11(2)19-16-12(13)6-4-7-14(16)18/h4,6-7,19H,3,5,8-10H2,1-2H3. The second-order valence-electron chi connectivity index (χ2n) is 5.97. The smallest absolute Gasteiger partial charge is 0.306 e. The number of aromatic nitrogens is 1. The summed E-state index contributed by atoms with van der Waals surface area (Å²) in [4.78, 5) is 15.2. The van der Waals surface area contributed by atoms with E-state index in [1.165, 1.54) is 10.9 Å². The molecule has 1 aromatic carbocycles. The third-order valence-electron chi connectivity index (χ3n) is 4.19. The van der Waals surface area contributed by atoms with Gasteiger partial charge in [-0.2, -0.15) is 0 Å². The Kier molecular flexibility index (Phi) is 3.82. The monoisotopic (exact) mass is 349 g/mol. The minimum absolute atomic E-state index is 0.0614. The summed E-state index contributed by atoms with van der Waals surface area (Å²) in [6, 6.07) is 6.21. The van der Waals surface area contributed by atoms with Crippen LogP contribution in [0.1, 0.15) is 43.9 Å². The number of carbonyl (C=O) groups excluding carboxylic acids is 1. The van der Waals surface area contributed by atoms with Gasteiger partial charge >= 0.3 is 5.97 Å². The van der Waals surface area contributed by atoms with Gasteiger partial charge in [0, 0.05) is 28.4 Å². The fourth-order valence-electron chi connectivity index (χ4n) is 2.87. The first-order valence-corrected chi connectivity index (χ1v) is 8.31. The predicted molar refractivity (Wildman–Crippen MR) is 87.4 cm³/mol. The molecule has 1 fully saturated rings. The van der Waals surface area contributed by atoms with Crippen LogP contribution in [0, 0.1) is 6.92 Å². The first kappa shape index (κ1) is 14.6. The van der Waals surface area contributed by atoms with Gasteiger partial charge in [0.1, 0.15) is 5.60 Å². The lowest BCUT2D eigenvalue weighted by atomic mass is 10.0. The maximum absolute atomic E-state index is 11.8. The SMILES string of the molecule is CCCC(=O)OC1(Cc2c(C)[nH]c3c(Br)cccc23)CC1. The summed E-state index contributed by atoms with van der Waals surface area (Å²) < 4.78 is 6.80. The fraction of sp³-hybridized carbons (Fsp3) is 0.471. The summed E-state index contributed by atoms with van der Waals surface area (Å²) in [6.07, 6.45) is 4.12. The zero-order valence-corrected chi connectivity index (χ0v) is 14.0. The molecule has 112 valence electrons. The number of aromatic amines is 1. The lowest BCUT2D eigenvalue weighted by Crippen LogP contribution is -2.22. The number of benzene rings is 1. The van der Waals surface area contributed by atoms with E-state index in [2.05, 4.69) is 33.9 Å². The zero-order valence-electron chi connectivity index (χ0n) is 12.5. The molecule has 0 spiro atoms. The number of rotatable bonds is 5. The molecule has 0 radical (unpaired) electrons. The summed E-state index contributed by atoms with van der Waals surface area (Å²) in [6.45, 7) is 4.09. The lowest BCUT2D eigenvalue weighted by molar-refractivity contribution is -0.151. The van der Waals surface area contributed by atoms with Gasteiger partial charge in [-0.1, -0.05) is 19.1 Å². The summed E-state index contributed by atoms with van der Waals surface area (Å²) in [5.41, 5.74) is 3.30. The van der Waals surface area contributed by atoms with Gasteiger partial charge in [-0.05, 0) is 53.7 Å². The number of ether oxygens (including phenoxy) is 1. The highest BCUT2D eigenvalue weighted by molar-refractivity contribution is 9.10. The quantitative estimate of drug-likeness (QED) is 0.797. The van der Waals surface area contributed by atoms with E-state index in [-0.39, 0.29) is 11.6 Å². The molecule has 21 heavy (non-hydrogen) atoms. The second-order valence-corrected chi connectivity index (χ2v) is 6.83. The molecule has 1 saturated carbocycles. The Hall–Kier alpha value is -1.29. The number of H-pyrrole nitrogens is 1. The van der Waals surface area contributed by atoms with Crippen LogP contribution in [0.3, 0.4) is 0 Å². The second kappa shape index (κ2) is 5.48. The highest BCUT2D eigenvalue weighted by atomic mass is 79.9. The third-order valence-corrected chi connectivity index (χ3v) is 4.86. The number of esters is 1. The van der Waals surface area contributed by atoms with Gasteiger partial charge in [0.05, 0.1) is 5.52 Å². The van der Waals surface area contributed by atoms with E-state index in [9.17, 15) is 4.79 Å². The van der Waals surface area contributed by atoms with Crippen LogP contribution in [0.5, 0.6) is 0 Å². The molecule has 1 aliphatic carbocycles. The fourth-order valence-corrected chi connectivity index (χ4v) is 3.33. The van der Waals surface area contributed by atoms with Crippen LogP contribution in [0.4, 0.5) is 0 Å². The van der Waals surface area contributed by atoms with Crippen LogP contribution in [-0.2, 0) is 16.0 Å². The maximum atomic E-state index is 11.8. The van der Waals surface area contributed by atoms with Crippen LogP contribution in [0.2, 0.25) is 0 Å². The summed E-state index contributed by atoms with van der Waals surface area (Å²) in [7, 11) is 0. The van der Waals surface area contributed by atoms with Gasteiger partial charge in [0.2, 0.25) is 0 Å². The Labute approximate surface area is 133 Å². The number of hydrogen-bond donors (Lipinski definition) is 1. The van der Waals surface area contributed by atoms with E-state index in [1.807, 2.05) is 19.1 Å². The number of fused-ring (bicyclic) bond motifs is 1. The van der Waals surface area contributed by atoms with Crippen molar-refractivity contribution < 1.29 is 9.53 Å². The third kappa shape index (κ3) is 2.86. The number of nitrogens with one attached hydrogen (secondary N) is 1. The molecule has 1 N–H and O–H groups in total. The highest BCUT2D eigenvalue weighted by Crippen LogP contribution is 2.45. The molecule has 0 atom stereocenters. The lowest BCUT2D eigenvalue weighted by Gasteiger charge is -2.17. The number of carbonyl (C=O) groups is 1. The Morgan fingerprint density at radius 3 is 2.86 bits per heavy atom. The average Bonchev–Trinajstić information content (AvgIpc) is 3.10. The number of para-hydroxylation sites is 1. The summed E-state index contributed by atoms with van der Waals surface area (Å²) in [5.74, 6) is -0.0614. The molecule has 0 unspecified atom stereocenters. The van der Waals surface area contributed by atoms with Crippen LogP contribution >= 0.6 is 15.9 Å². The predicted octanol–water partition coefficient (Wildman–Crippen LogP) is 4.66. The van der Waals surface area contributed by atoms with E-state index in [0.717, 1.165) is 41.4 Å². The molecule has 4 heteroatoms. The van der Waals surface area contributed by atoms with Crippen LogP contribution < -0.4 is 0 Å². The van der Waals surface area contributed by atoms with E-state index in [4.69, 9.17) is 4.74 Å².